The van der Waals surface area contributed by atoms with Gasteiger partial charge in [-0.1, -0.05) is 60.7 Å². The molecule has 4 rings (SSSR count). The summed E-state index contributed by atoms with van der Waals surface area (Å²) in [5.41, 5.74) is 4.10. The molecule has 0 saturated heterocycles. The lowest BCUT2D eigenvalue weighted by Gasteiger charge is -2.04. The first kappa shape index (κ1) is 19.5. The van der Waals surface area contributed by atoms with E-state index in [1.165, 1.54) is 35.6 Å². The Kier molecular flexibility index (Phi) is 5.36. The smallest absolute Gasteiger partial charge is 0.270 e. The van der Waals surface area contributed by atoms with Gasteiger partial charge in [0.05, 0.1) is 10.6 Å². The van der Waals surface area contributed by atoms with Gasteiger partial charge in [-0.05, 0) is 24.1 Å². The average Bonchev–Trinajstić information content (AvgIpc) is 3.14. The summed E-state index contributed by atoms with van der Waals surface area (Å²) in [6, 6.07) is 23.8. The summed E-state index contributed by atoms with van der Waals surface area (Å²) in [5.74, 6) is -0.432. The highest BCUT2D eigenvalue weighted by molar-refractivity contribution is 7.16. The molecule has 1 aromatic heterocycles. The average molecular weight is 415 g/mol. The second-order valence-electron chi connectivity index (χ2n) is 6.63. The van der Waals surface area contributed by atoms with Crippen molar-refractivity contribution in [3.63, 3.8) is 0 Å². The van der Waals surface area contributed by atoms with E-state index in [9.17, 15) is 14.9 Å². The summed E-state index contributed by atoms with van der Waals surface area (Å²) < 4.78 is 0. The maximum atomic E-state index is 12.5. The molecular weight excluding hydrogens is 398 g/mol. The Hall–Kier alpha value is -3.84. The second-order valence-corrected chi connectivity index (χ2v) is 7.83. The van der Waals surface area contributed by atoms with Crippen LogP contribution in [0.15, 0.2) is 78.9 Å². The first-order chi connectivity index (χ1) is 14.5. The number of hydrogen-bond donors (Lipinski definition) is 1. The van der Waals surface area contributed by atoms with E-state index in [0.29, 0.717) is 5.13 Å². The number of rotatable bonds is 5. The number of aryl methyl sites for hydroxylation is 1. The molecule has 6 nitrogen and oxygen atoms in total. The van der Waals surface area contributed by atoms with Gasteiger partial charge in [0.2, 0.25) is 0 Å². The van der Waals surface area contributed by atoms with Crippen molar-refractivity contribution in [2.45, 2.75) is 6.92 Å². The first-order valence-electron chi connectivity index (χ1n) is 9.20. The third kappa shape index (κ3) is 4.11. The van der Waals surface area contributed by atoms with Crippen LogP contribution in [0.3, 0.4) is 0 Å². The minimum atomic E-state index is -0.526. The number of nitro groups is 1. The maximum absolute atomic E-state index is 12.5. The van der Waals surface area contributed by atoms with Gasteiger partial charge in [-0.3, -0.25) is 20.2 Å². The number of hydrogen-bond acceptors (Lipinski definition) is 5. The molecule has 148 valence electrons. The lowest BCUT2D eigenvalue weighted by Crippen LogP contribution is -2.11. The van der Waals surface area contributed by atoms with E-state index in [1.54, 1.807) is 0 Å². The maximum Gasteiger partial charge on any atom is 0.270 e. The molecule has 0 bridgehead atoms. The molecule has 7 heteroatoms. The number of non-ortho nitro benzene ring substituents is 1. The van der Waals surface area contributed by atoms with E-state index in [4.69, 9.17) is 0 Å². The molecular formula is C23H17N3O3S. The van der Waals surface area contributed by atoms with E-state index < -0.39 is 10.8 Å². The standard InChI is InChI=1S/C23H17N3O3S/c1-15-21(18-12-10-17(11-13-18)16-6-3-2-4-7-16)24-23(30-15)25-22(27)19-8-5-9-20(14-19)26(28)29/h2-14H,1H3,(H,24,25,27). The minimum absolute atomic E-state index is 0.128. The van der Waals surface area contributed by atoms with E-state index >= 15 is 0 Å². The molecule has 0 unspecified atom stereocenters. The van der Waals surface area contributed by atoms with Crippen molar-refractivity contribution in [2.24, 2.45) is 0 Å². The zero-order valence-electron chi connectivity index (χ0n) is 16.0. The van der Waals surface area contributed by atoms with Gasteiger partial charge in [0.15, 0.2) is 5.13 Å². The van der Waals surface area contributed by atoms with Crippen LogP contribution in [-0.4, -0.2) is 15.8 Å². The van der Waals surface area contributed by atoms with Gasteiger partial charge < -0.3 is 0 Å². The van der Waals surface area contributed by atoms with Gasteiger partial charge in [-0.15, -0.1) is 11.3 Å². The summed E-state index contributed by atoms with van der Waals surface area (Å²) in [5, 5.41) is 14.1. The van der Waals surface area contributed by atoms with E-state index in [2.05, 4.69) is 22.4 Å². The van der Waals surface area contributed by atoms with Gasteiger partial charge in [0.1, 0.15) is 0 Å². The van der Waals surface area contributed by atoms with Crippen LogP contribution in [0, 0.1) is 17.0 Å². The molecule has 0 aliphatic carbocycles. The predicted octanol–water partition coefficient (Wildman–Crippen LogP) is 5.95. The van der Waals surface area contributed by atoms with Gasteiger partial charge in [-0.25, -0.2) is 4.98 Å². The van der Waals surface area contributed by atoms with Gasteiger partial charge in [0.25, 0.3) is 11.6 Å². The van der Waals surface area contributed by atoms with Crippen LogP contribution in [0.4, 0.5) is 10.8 Å². The summed E-state index contributed by atoms with van der Waals surface area (Å²) >= 11 is 1.37. The number of nitrogens with zero attached hydrogens (tertiary/aromatic N) is 2. The Bertz CT molecular complexity index is 1220. The quantitative estimate of drug-likeness (QED) is 0.323. The highest BCUT2D eigenvalue weighted by atomic mass is 32.1. The Balaban J connectivity index is 1.54. The first-order valence-corrected chi connectivity index (χ1v) is 10.0. The molecule has 0 saturated carbocycles. The topological polar surface area (TPSA) is 85.1 Å². The number of nitrogens with one attached hydrogen (secondary N) is 1. The third-order valence-electron chi connectivity index (χ3n) is 4.60. The Morgan fingerprint density at radius 1 is 0.933 bits per heavy atom. The molecule has 4 aromatic rings. The zero-order valence-corrected chi connectivity index (χ0v) is 16.8. The highest BCUT2D eigenvalue weighted by Crippen LogP contribution is 2.32. The molecule has 1 heterocycles. The number of anilines is 1. The largest absolute Gasteiger partial charge is 0.298 e. The van der Waals surface area contributed by atoms with Crippen molar-refractivity contribution < 1.29 is 9.72 Å². The van der Waals surface area contributed by atoms with Crippen molar-refractivity contribution in [1.82, 2.24) is 4.98 Å². The van der Waals surface area contributed by atoms with E-state index in [1.807, 2.05) is 49.4 Å². The molecule has 0 radical (unpaired) electrons. The number of nitro benzene ring substituents is 1. The second kappa shape index (κ2) is 8.26. The van der Waals surface area contributed by atoms with Crippen LogP contribution in [-0.2, 0) is 0 Å². The van der Waals surface area contributed by atoms with E-state index in [0.717, 1.165) is 27.3 Å². The molecule has 0 atom stereocenters. The molecule has 0 spiro atoms. The van der Waals surface area contributed by atoms with Crippen molar-refractivity contribution >= 4 is 28.1 Å². The molecule has 0 fully saturated rings. The normalized spacial score (nSPS) is 10.6. The fourth-order valence-corrected chi connectivity index (χ4v) is 3.93. The Morgan fingerprint density at radius 2 is 1.60 bits per heavy atom. The number of thiazole rings is 1. The van der Waals surface area contributed by atoms with Gasteiger partial charge >= 0.3 is 0 Å². The lowest BCUT2D eigenvalue weighted by molar-refractivity contribution is -0.384. The monoisotopic (exact) mass is 415 g/mol. The fraction of sp³-hybridized carbons (Fsp3) is 0.0435. The summed E-state index contributed by atoms with van der Waals surface area (Å²) in [6.07, 6.45) is 0. The molecule has 0 aliphatic rings. The molecule has 30 heavy (non-hydrogen) atoms. The van der Waals surface area contributed by atoms with Crippen molar-refractivity contribution in [3.8, 4) is 22.4 Å². The SMILES string of the molecule is Cc1sc(NC(=O)c2cccc([N+](=O)[O-])c2)nc1-c1ccc(-c2ccccc2)cc1. The van der Waals surface area contributed by atoms with Crippen molar-refractivity contribution in [3.05, 3.63) is 99.4 Å². The van der Waals surface area contributed by atoms with Gasteiger partial charge in [0, 0.05) is 28.1 Å². The number of carbonyl (C=O) groups excluding carboxylic acids is 1. The van der Waals surface area contributed by atoms with Crippen molar-refractivity contribution in [2.75, 3.05) is 5.32 Å². The third-order valence-corrected chi connectivity index (χ3v) is 5.49. The van der Waals surface area contributed by atoms with Gasteiger partial charge in [-0.2, -0.15) is 0 Å². The summed E-state index contributed by atoms with van der Waals surface area (Å²) in [6.45, 7) is 1.95. The molecule has 1 N–H and O–H groups in total. The fourth-order valence-electron chi connectivity index (χ4n) is 3.10. The molecule has 1 amide bonds. The summed E-state index contributed by atoms with van der Waals surface area (Å²) in [7, 11) is 0. The summed E-state index contributed by atoms with van der Waals surface area (Å²) in [4.78, 5) is 28.4. The predicted molar refractivity (Wildman–Crippen MR) is 119 cm³/mol. The molecule has 3 aromatic carbocycles. The van der Waals surface area contributed by atoms with Crippen LogP contribution >= 0.6 is 11.3 Å². The van der Waals surface area contributed by atoms with Crippen LogP contribution < -0.4 is 5.32 Å². The minimum Gasteiger partial charge on any atom is -0.298 e. The Morgan fingerprint density at radius 3 is 2.30 bits per heavy atom. The highest BCUT2D eigenvalue weighted by Gasteiger charge is 2.15. The number of aromatic nitrogens is 1. The van der Waals surface area contributed by atoms with E-state index in [-0.39, 0.29) is 11.3 Å². The number of benzene rings is 3. The van der Waals surface area contributed by atoms with Crippen LogP contribution in [0.25, 0.3) is 22.4 Å². The Labute approximate surface area is 177 Å². The number of carbonyl (C=O) groups is 1. The van der Waals surface area contributed by atoms with Crippen molar-refractivity contribution in [1.29, 1.82) is 0 Å². The van der Waals surface area contributed by atoms with Crippen LogP contribution in [0.1, 0.15) is 15.2 Å². The van der Waals surface area contributed by atoms with Crippen LogP contribution in [0.2, 0.25) is 0 Å². The molecule has 0 aliphatic heterocycles. The zero-order chi connectivity index (χ0) is 21.1. The number of amides is 1. The lowest BCUT2D eigenvalue weighted by atomic mass is 10.0. The van der Waals surface area contributed by atoms with Crippen LogP contribution in [0.5, 0.6) is 0 Å².